The number of nitrogens with one attached hydrogen (secondary N) is 1. The summed E-state index contributed by atoms with van der Waals surface area (Å²) in [5.74, 6) is 0. The van der Waals surface area contributed by atoms with Crippen LogP contribution in [0.15, 0.2) is 132 Å². The number of aryl methyl sites for hydroxylation is 1. The topological polar surface area (TPSA) is 12.0 Å². The molecule has 0 unspecified atom stereocenters. The van der Waals surface area contributed by atoms with Gasteiger partial charge in [-0.3, -0.25) is 0 Å². The second kappa shape index (κ2) is 9.81. The van der Waals surface area contributed by atoms with Crippen molar-refractivity contribution in [2.45, 2.75) is 11.8 Å². The van der Waals surface area contributed by atoms with Crippen LogP contribution in [0.1, 0.15) is 5.56 Å². The van der Waals surface area contributed by atoms with Crippen LogP contribution in [0, 0.1) is 6.92 Å². The molecule has 1 nitrogen and oxygen atoms in total. The van der Waals surface area contributed by atoms with Crippen molar-refractivity contribution < 1.29 is 0 Å². The molecule has 160 valence electrons. The Bertz CT molecular complexity index is 1270. The van der Waals surface area contributed by atoms with E-state index >= 15 is 0 Å². The van der Waals surface area contributed by atoms with Crippen molar-refractivity contribution in [3.63, 3.8) is 0 Å². The lowest BCUT2D eigenvalue weighted by Crippen LogP contribution is -1.96. The molecule has 5 aromatic carbocycles. The molecule has 0 bridgehead atoms. The lowest BCUT2D eigenvalue weighted by Gasteiger charge is -2.19. The minimum absolute atomic E-state index is 1.12. The van der Waals surface area contributed by atoms with Gasteiger partial charge in [-0.05, 0) is 65.4 Å². The third-order valence-corrected chi connectivity index (χ3v) is 6.52. The molecule has 5 aromatic rings. The third kappa shape index (κ3) is 4.87. The molecule has 0 spiro atoms. The Morgan fingerprint density at radius 2 is 0.939 bits per heavy atom. The Balaban J connectivity index is 1.69. The zero-order valence-electron chi connectivity index (χ0n) is 18.5. The first-order chi connectivity index (χ1) is 16.3. The quantitative estimate of drug-likeness (QED) is 0.263. The van der Waals surface area contributed by atoms with E-state index in [2.05, 4.69) is 139 Å². The lowest BCUT2D eigenvalue weighted by atomic mass is 9.91. The third-order valence-electron chi connectivity index (χ3n) is 5.71. The zero-order valence-corrected chi connectivity index (χ0v) is 19.3. The maximum absolute atomic E-state index is 3.71. The second-order valence-corrected chi connectivity index (χ2v) is 8.94. The highest BCUT2D eigenvalue weighted by atomic mass is 32.2. The molecule has 33 heavy (non-hydrogen) atoms. The van der Waals surface area contributed by atoms with Gasteiger partial charge in [-0.15, -0.1) is 0 Å². The Labute approximate surface area is 200 Å². The minimum Gasteiger partial charge on any atom is -0.325 e. The van der Waals surface area contributed by atoms with E-state index in [9.17, 15) is 0 Å². The summed E-state index contributed by atoms with van der Waals surface area (Å²) in [6, 6.07) is 45.1. The first-order valence-electron chi connectivity index (χ1n) is 11.1. The van der Waals surface area contributed by atoms with Crippen LogP contribution < -0.4 is 4.72 Å². The van der Waals surface area contributed by atoms with Gasteiger partial charge in [0.1, 0.15) is 0 Å². The highest BCUT2D eigenvalue weighted by Gasteiger charge is 2.15. The average molecular weight is 444 g/mol. The van der Waals surface area contributed by atoms with Gasteiger partial charge in [0.05, 0.1) is 5.69 Å². The molecular formula is C31H25NS. The van der Waals surface area contributed by atoms with Crippen molar-refractivity contribution in [2.24, 2.45) is 0 Å². The Morgan fingerprint density at radius 1 is 0.485 bits per heavy atom. The minimum atomic E-state index is 1.12. The van der Waals surface area contributed by atoms with Gasteiger partial charge >= 0.3 is 0 Å². The van der Waals surface area contributed by atoms with Crippen LogP contribution in [0.2, 0.25) is 0 Å². The van der Waals surface area contributed by atoms with Gasteiger partial charge in [0.2, 0.25) is 0 Å². The maximum atomic E-state index is 3.71. The number of benzene rings is 5. The van der Waals surface area contributed by atoms with Crippen LogP contribution in [0.25, 0.3) is 33.4 Å². The summed E-state index contributed by atoms with van der Waals surface area (Å²) >= 11 is 1.65. The number of hydrogen-bond acceptors (Lipinski definition) is 2. The van der Waals surface area contributed by atoms with E-state index in [0.29, 0.717) is 0 Å². The molecule has 1 N–H and O–H groups in total. The summed E-state index contributed by atoms with van der Waals surface area (Å²) in [6.07, 6.45) is 0. The molecule has 0 saturated carbocycles. The van der Waals surface area contributed by atoms with Gasteiger partial charge in [0.15, 0.2) is 0 Å². The molecule has 0 heterocycles. The SMILES string of the molecule is Cc1ccc(SNc2c(-c3ccccc3)cc(-c3ccccc3)cc2-c2ccccc2)cc1. The van der Waals surface area contributed by atoms with Gasteiger partial charge in [0, 0.05) is 16.0 Å². The van der Waals surface area contributed by atoms with Crippen LogP contribution in [-0.4, -0.2) is 0 Å². The van der Waals surface area contributed by atoms with Crippen molar-refractivity contribution in [1.29, 1.82) is 0 Å². The molecule has 0 fully saturated rings. The van der Waals surface area contributed by atoms with E-state index in [4.69, 9.17) is 0 Å². The lowest BCUT2D eigenvalue weighted by molar-refractivity contribution is 1.38. The summed E-state index contributed by atoms with van der Waals surface area (Å²) in [5.41, 5.74) is 9.58. The first-order valence-corrected chi connectivity index (χ1v) is 11.9. The van der Waals surface area contributed by atoms with Gasteiger partial charge in [-0.2, -0.15) is 0 Å². The molecule has 0 aliphatic carbocycles. The second-order valence-electron chi connectivity index (χ2n) is 8.06. The summed E-state index contributed by atoms with van der Waals surface area (Å²) in [7, 11) is 0. The predicted octanol–water partition coefficient (Wildman–Crippen LogP) is 9.12. The Morgan fingerprint density at radius 3 is 1.42 bits per heavy atom. The maximum Gasteiger partial charge on any atom is 0.0601 e. The van der Waals surface area contributed by atoms with Gasteiger partial charge in [-0.1, -0.05) is 109 Å². The van der Waals surface area contributed by atoms with E-state index in [0.717, 1.165) is 5.69 Å². The van der Waals surface area contributed by atoms with Crippen molar-refractivity contribution in [3.8, 4) is 33.4 Å². The van der Waals surface area contributed by atoms with E-state index in [1.807, 2.05) is 0 Å². The monoisotopic (exact) mass is 443 g/mol. The molecule has 0 atom stereocenters. The normalized spacial score (nSPS) is 10.7. The van der Waals surface area contributed by atoms with Crippen molar-refractivity contribution in [1.82, 2.24) is 0 Å². The van der Waals surface area contributed by atoms with Crippen molar-refractivity contribution >= 4 is 17.6 Å². The highest BCUT2D eigenvalue weighted by molar-refractivity contribution is 8.00. The smallest absolute Gasteiger partial charge is 0.0601 e. The van der Waals surface area contributed by atoms with Crippen LogP contribution >= 0.6 is 11.9 Å². The molecule has 2 heteroatoms. The van der Waals surface area contributed by atoms with E-state index < -0.39 is 0 Å². The standard InChI is InChI=1S/C31H25NS/c1-23-17-19-28(20-18-23)33-32-31-29(25-13-7-3-8-14-25)21-27(24-11-5-2-6-12-24)22-30(31)26-15-9-4-10-16-26/h2-22,32H,1H3. The molecule has 5 rings (SSSR count). The fourth-order valence-electron chi connectivity index (χ4n) is 3.96. The number of rotatable bonds is 6. The fraction of sp³-hybridized carbons (Fsp3) is 0.0323. The van der Waals surface area contributed by atoms with Crippen LogP contribution in [0.5, 0.6) is 0 Å². The molecule has 0 aromatic heterocycles. The molecule has 0 radical (unpaired) electrons. The molecule has 0 saturated heterocycles. The van der Waals surface area contributed by atoms with Gasteiger partial charge in [-0.25, -0.2) is 0 Å². The van der Waals surface area contributed by atoms with E-state index in [-0.39, 0.29) is 0 Å². The van der Waals surface area contributed by atoms with E-state index in [1.54, 1.807) is 11.9 Å². The Hall–Kier alpha value is -3.75. The van der Waals surface area contributed by atoms with Crippen molar-refractivity contribution in [3.05, 3.63) is 133 Å². The summed E-state index contributed by atoms with van der Waals surface area (Å²) < 4.78 is 3.71. The molecule has 0 aliphatic rings. The number of anilines is 1. The average Bonchev–Trinajstić information content (AvgIpc) is 2.89. The van der Waals surface area contributed by atoms with Gasteiger partial charge < -0.3 is 4.72 Å². The zero-order chi connectivity index (χ0) is 22.5. The fourth-order valence-corrected chi connectivity index (χ4v) is 4.67. The largest absolute Gasteiger partial charge is 0.325 e. The molecular weight excluding hydrogens is 418 g/mol. The van der Waals surface area contributed by atoms with Gasteiger partial charge in [0.25, 0.3) is 0 Å². The molecule has 0 aliphatic heterocycles. The van der Waals surface area contributed by atoms with Crippen molar-refractivity contribution in [2.75, 3.05) is 4.72 Å². The number of hydrogen-bond donors (Lipinski definition) is 1. The summed E-state index contributed by atoms with van der Waals surface area (Å²) in [6.45, 7) is 2.12. The first kappa shape index (κ1) is 21.1. The van der Waals surface area contributed by atoms with Crippen LogP contribution in [0.3, 0.4) is 0 Å². The van der Waals surface area contributed by atoms with Crippen LogP contribution in [-0.2, 0) is 0 Å². The summed E-state index contributed by atoms with van der Waals surface area (Å²) in [4.78, 5) is 1.19. The Kier molecular flexibility index (Phi) is 6.27. The van der Waals surface area contributed by atoms with E-state index in [1.165, 1.54) is 43.8 Å². The highest BCUT2D eigenvalue weighted by Crippen LogP contribution is 2.42. The van der Waals surface area contributed by atoms with Crippen LogP contribution in [0.4, 0.5) is 5.69 Å². The molecule has 0 amide bonds. The predicted molar refractivity (Wildman–Crippen MR) is 143 cm³/mol. The summed E-state index contributed by atoms with van der Waals surface area (Å²) in [5, 5.41) is 0.